The van der Waals surface area contributed by atoms with Crippen molar-refractivity contribution in [3.8, 4) is 0 Å². The van der Waals surface area contributed by atoms with Crippen LogP contribution in [0, 0.1) is 0 Å². The molecule has 0 aliphatic rings. The number of benzene rings is 2. The number of halogens is 2. The van der Waals surface area contributed by atoms with Crippen molar-refractivity contribution in [2.24, 2.45) is 0 Å². The molecular formula is C17H18Cl2N2O3S2. The van der Waals surface area contributed by atoms with Gasteiger partial charge in [0, 0.05) is 4.90 Å². The standard InChI is InChI=1S/C17H18Cl2N2O3S2/c1-3-25-16-7-5-4-6-15(16)20-17(22)11-21(26(2,23)24)12-8-9-13(18)14(19)10-12/h4-10H,3,11H2,1-2H3,(H,20,22). The van der Waals surface area contributed by atoms with E-state index in [4.69, 9.17) is 23.2 Å². The number of rotatable bonds is 7. The lowest BCUT2D eigenvalue weighted by atomic mass is 10.3. The first-order valence-electron chi connectivity index (χ1n) is 7.66. The highest BCUT2D eigenvalue weighted by atomic mass is 35.5. The highest BCUT2D eigenvalue weighted by molar-refractivity contribution is 7.99. The summed E-state index contributed by atoms with van der Waals surface area (Å²) in [5, 5.41) is 3.28. The number of para-hydroxylation sites is 1. The molecule has 0 aliphatic carbocycles. The van der Waals surface area contributed by atoms with Crippen LogP contribution < -0.4 is 9.62 Å². The number of hydrogen-bond acceptors (Lipinski definition) is 4. The number of thioether (sulfide) groups is 1. The van der Waals surface area contributed by atoms with E-state index in [-0.39, 0.29) is 17.3 Å². The van der Waals surface area contributed by atoms with Gasteiger partial charge in [-0.1, -0.05) is 42.3 Å². The van der Waals surface area contributed by atoms with Crippen molar-refractivity contribution in [3.05, 3.63) is 52.5 Å². The molecule has 26 heavy (non-hydrogen) atoms. The predicted octanol–water partition coefficient (Wildman–Crippen LogP) is 4.51. The van der Waals surface area contributed by atoms with Gasteiger partial charge in [0.25, 0.3) is 0 Å². The molecule has 0 saturated carbocycles. The fourth-order valence-corrected chi connectivity index (χ4v) is 4.11. The minimum atomic E-state index is -3.69. The quantitative estimate of drug-likeness (QED) is 0.653. The van der Waals surface area contributed by atoms with E-state index in [0.717, 1.165) is 21.2 Å². The smallest absolute Gasteiger partial charge is 0.245 e. The topological polar surface area (TPSA) is 66.5 Å². The van der Waals surface area contributed by atoms with Gasteiger partial charge in [-0.15, -0.1) is 11.8 Å². The highest BCUT2D eigenvalue weighted by Crippen LogP contribution is 2.29. The fourth-order valence-electron chi connectivity index (χ4n) is 2.21. The largest absolute Gasteiger partial charge is 0.323 e. The SMILES string of the molecule is CCSc1ccccc1NC(=O)CN(c1ccc(Cl)c(Cl)c1)S(C)(=O)=O. The van der Waals surface area contributed by atoms with Crippen LogP contribution in [0.15, 0.2) is 47.4 Å². The molecule has 5 nitrogen and oxygen atoms in total. The van der Waals surface area contributed by atoms with E-state index in [1.54, 1.807) is 17.8 Å². The van der Waals surface area contributed by atoms with Gasteiger partial charge in [-0.25, -0.2) is 8.42 Å². The number of carbonyl (C=O) groups excluding carboxylic acids is 1. The van der Waals surface area contributed by atoms with E-state index in [1.165, 1.54) is 18.2 Å². The average Bonchev–Trinajstić information content (AvgIpc) is 2.56. The van der Waals surface area contributed by atoms with Crippen molar-refractivity contribution in [1.29, 1.82) is 0 Å². The van der Waals surface area contributed by atoms with Crippen LogP contribution in [-0.2, 0) is 14.8 Å². The molecule has 0 heterocycles. The maximum Gasteiger partial charge on any atom is 0.245 e. The molecule has 1 N–H and O–H groups in total. The van der Waals surface area contributed by atoms with E-state index in [9.17, 15) is 13.2 Å². The molecule has 2 rings (SSSR count). The fraction of sp³-hybridized carbons (Fsp3) is 0.235. The zero-order valence-corrected chi connectivity index (χ0v) is 17.3. The monoisotopic (exact) mass is 432 g/mol. The van der Waals surface area contributed by atoms with Crippen molar-refractivity contribution < 1.29 is 13.2 Å². The summed E-state index contributed by atoms with van der Waals surface area (Å²) in [5.41, 5.74) is 0.917. The van der Waals surface area contributed by atoms with Crippen LogP contribution in [0.4, 0.5) is 11.4 Å². The Morgan fingerprint density at radius 2 is 1.85 bits per heavy atom. The van der Waals surface area contributed by atoms with Gasteiger partial charge in [0.15, 0.2) is 0 Å². The lowest BCUT2D eigenvalue weighted by molar-refractivity contribution is -0.114. The zero-order chi connectivity index (χ0) is 19.3. The van der Waals surface area contributed by atoms with Crippen LogP contribution in [0.25, 0.3) is 0 Å². The molecule has 2 aromatic rings. The molecule has 0 saturated heterocycles. The molecule has 9 heteroatoms. The van der Waals surface area contributed by atoms with Crippen molar-refractivity contribution >= 4 is 62.3 Å². The Morgan fingerprint density at radius 1 is 1.15 bits per heavy atom. The van der Waals surface area contributed by atoms with Crippen LogP contribution in [-0.4, -0.2) is 32.9 Å². The third-order valence-corrected chi connectivity index (χ3v) is 6.17. The third kappa shape index (κ3) is 5.54. The van der Waals surface area contributed by atoms with Gasteiger partial charge in [-0.2, -0.15) is 0 Å². The molecule has 0 aromatic heterocycles. The maximum atomic E-state index is 12.5. The molecule has 0 unspecified atom stereocenters. The van der Waals surface area contributed by atoms with Crippen LogP contribution in [0.2, 0.25) is 10.0 Å². The summed E-state index contributed by atoms with van der Waals surface area (Å²) in [6, 6.07) is 11.8. The van der Waals surface area contributed by atoms with E-state index in [1.807, 2.05) is 25.1 Å². The number of hydrogen-bond donors (Lipinski definition) is 1. The van der Waals surface area contributed by atoms with E-state index < -0.39 is 15.9 Å². The Kier molecular flexibility index (Phi) is 7.23. The average molecular weight is 433 g/mol. The van der Waals surface area contributed by atoms with Crippen molar-refractivity contribution in [2.75, 3.05) is 28.2 Å². The minimum absolute atomic E-state index is 0.211. The molecular weight excluding hydrogens is 415 g/mol. The van der Waals surface area contributed by atoms with Crippen LogP contribution in [0.3, 0.4) is 0 Å². The second-order valence-corrected chi connectivity index (χ2v) is 9.37. The maximum absolute atomic E-state index is 12.5. The molecule has 140 valence electrons. The lowest BCUT2D eigenvalue weighted by Gasteiger charge is -2.22. The van der Waals surface area contributed by atoms with Gasteiger partial charge < -0.3 is 5.32 Å². The second-order valence-electron chi connectivity index (χ2n) is 5.35. The minimum Gasteiger partial charge on any atom is -0.323 e. The summed E-state index contributed by atoms with van der Waals surface area (Å²) < 4.78 is 25.3. The van der Waals surface area contributed by atoms with E-state index in [0.29, 0.717) is 10.7 Å². The molecule has 0 atom stereocenters. The number of nitrogens with zero attached hydrogens (tertiary/aromatic N) is 1. The number of anilines is 2. The highest BCUT2D eigenvalue weighted by Gasteiger charge is 2.22. The first kappa shape index (κ1) is 20.9. The number of carbonyl (C=O) groups is 1. The Labute approximate surface area is 167 Å². The first-order valence-corrected chi connectivity index (χ1v) is 11.3. The summed E-state index contributed by atoms with van der Waals surface area (Å²) >= 11 is 13.4. The van der Waals surface area contributed by atoms with E-state index in [2.05, 4.69) is 5.32 Å². The molecule has 0 spiro atoms. The summed E-state index contributed by atoms with van der Waals surface area (Å²) in [6.45, 7) is 1.64. The van der Waals surface area contributed by atoms with Gasteiger partial charge in [0.2, 0.25) is 15.9 Å². The van der Waals surface area contributed by atoms with Gasteiger partial charge >= 0.3 is 0 Å². The van der Waals surface area contributed by atoms with E-state index >= 15 is 0 Å². The Morgan fingerprint density at radius 3 is 2.46 bits per heavy atom. The zero-order valence-electron chi connectivity index (χ0n) is 14.2. The molecule has 0 bridgehead atoms. The number of nitrogens with one attached hydrogen (secondary N) is 1. The Hall–Kier alpha value is -1.41. The molecule has 0 radical (unpaired) electrons. The van der Waals surface area contributed by atoms with Crippen LogP contribution in [0.5, 0.6) is 0 Å². The number of sulfonamides is 1. The number of amides is 1. The van der Waals surface area contributed by atoms with Gasteiger partial charge in [-0.3, -0.25) is 9.10 Å². The molecule has 2 aromatic carbocycles. The first-order chi connectivity index (χ1) is 12.2. The van der Waals surface area contributed by atoms with Gasteiger partial charge in [0.1, 0.15) is 6.54 Å². The lowest BCUT2D eigenvalue weighted by Crippen LogP contribution is -2.37. The Balaban J connectivity index is 2.24. The van der Waals surface area contributed by atoms with Gasteiger partial charge in [0.05, 0.1) is 27.7 Å². The summed E-state index contributed by atoms with van der Waals surface area (Å²) in [5.74, 6) is 0.400. The second kappa shape index (κ2) is 8.99. The third-order valence-electron chi connectivity index (χ3n) is 3.34. The van der Waals surface area contributed by atoms with Crippen LogP contribution >= 0.6 is 35.0 Å². The Bertz CT molecular complexity index is 905. The summed E-state index contributed by atoms with van der Waals surface area (Å²) in [6.07, 6.45) is 1.03. The normalized spacial score (nSPS) is 11.2. The van der Waals surface area contributed by atoms with Crippen molar-refractivity contribution in [2.45, 2.75) is 11.8 Å². The van der Waals surface area contributed by atoms with Crippen molar-refractivity contribution in [1.82, 2.24) is 0 Å². The molecule has 0 fully saturated rings. The molecule has 0 aliphatic heterocycles. The summed E-state index contributed by atoms with van der Waals surface area (Å²) in [4.78, 5) is 13.4. The molecule has 1 amide bonds. The van der Waals surface area contributed by atoms with Crippen LogP contribution in [0.1, 0.15) is 6.92 Å². The summed E-state index contributed by atoms with van der Waals surface area (Å²) in [7, 11) is -3.69. The predicted molar refractivity (Wildman–Crippen MR) is 110 cm³/mol. The van der Waals surface area contributed by atoms with Crippen molar-refractivity contribution in [3.63, 3.8) is 0 Å². The van der Waals surface area contributed by atoms with Gasteiger partial charge in [-0.05, 0) is 36.1 Å².